The van der Waals surface area contributed by atoms with Gasteiger partial charge in [-0.3, -0.25) is 19.2 Å². The number of hydrogen-bond donors (Lipinski definition) is 0. The van der Waals surface area contributed by atoms with Gasteiger partial charge in [0.2, 0.25) is 0 Å². The summed E-state index contributed by atoms with van der Waals surface area (Å²) in [4.78, 5) is 47.9. The molecule has 4 aromatic carbocycles. The Morgan fingerprint density at radius 3 is 1.85 bits per heavy atom. The number of methoxy groups -OCH3 is 2. The minimum atomic E-state index is -0.548. The summed E-state index contributed by atoms with van der Waals surface area (Å²) in [5, 5.41) is 0. The molecule has 0 bridgehead atoms. The first-order chi connectivity index (χ1) is 24.9. The quantitative estimate of drug-likeness (QED) is 0.136. The fourth-order valence-corrected chi connectivity index (χ4v) is 6.27. The van der Waals surface area contributed by atoms with E-state index < -0.39 is 23.9 Å². The van der Waals surface area contributed by atoms with E-state index in [4.69, 9.17) is 37.9 Å². The maximum Gasteiger partial charge on any atom is 0.308 e. The maximum absolute atomic E-state index is 12.4. The van der Waals surface area contributed by atoms with Crippen molar-refractivity contribution < 1.29 is 57.1 Å². The minimum absolute atomic E-state index is 0.195. The Balaban J connectivity index is 1.53. The zero-order chi connectivity index (χ0) is 37.1. The number of rotatable bonds is 9. The lowest BCUT2D eigenvalue weighted by atomic mass is 9.85. The number of esters is 4. The summed E-state index contributed by atoms with van der Waals surface area (Å²) in [6, 6.07) is 18.9. The third kappa shape index (κ3) is 7.70. The molecule has 0 aliphatic carbocycles. The molecule has 0 unspecified atom stereocenters. The van der Waals surface area contributed by atoms with Gasteiger partial charge in [0.25, 0.3) is 0 Å². The summed E-state index contributed by atoms with van der Waals surface area (Å²) in [6.45, 7) is 5.49. The molecule has 0 amide bonds. The average molecular weight is 709 g/mol. The average Bonchev–Trinajstić information content (AvgIpc) is 3.09. The normalized spacial score (nSPS) is 14.5. The van der Waals surface area contributed by atoms with Crippen molar-refractivity contribution in [2.45, 2.75) is 46.5 Å². The summed E-state index contributed by atoms with van der Waals surface area (Å²) in [7, 11) is 3.02. The summed E-state index contributed by atoms with van der Waals surface area (Å²) >= 11 is 0. The lowest BCUT2D eigenvalue weighted by Crippen LogP contribution is -2.21. The smallest absolute Gasteiger partial charge is 0.308 e. The van der Waals surface area contributed by atoms with Crippen molar-refractivity contribution in [1.29, 1.82) is 0 Å². The van der Waals surface area contributed by atoms with Gasteiger partial charge >= 0.3 is 23.9 Å². The van der Waals surface area contributed by atoms with E-state index in [9.17, 15) is 19.2 Å². The number of carbonyl (C=O) groups excluding carboxylic acids is 4. The summed E-state index contributed by atoms with van der Waals surface area (Å²) in [5.41, 5.74) is 4.07. The molecule has 4 aromatic rings. The number of ether oxygens (including phenoxy) is 8. The third-order valence-electron chi connectivity index (χ3n) is 8.40. The molecule has 0 spiro atoms. The summed E-state index contributed by atoms with van der Waals surface area (Å²) in [5.74, 6) is 1.14. The van der Waals surface area contributed by atoms with Crippen LogP contribution >= 0.6 is 0 Å². The zero-order valence-electron chi connectivity index (χ0n) is 29.4. The highest BCUT2D eigenvalue weighted by molar-refractivity contribution is 5.95. The van der Waals surface area contributed by atoms with Crippen molar-refractivity contribution in [3.05, 3.63) is 94.5 Å². The van der Waals surface area contributed by atoms with Crippen molar-refractivity contribution in [2.24, 2.45) is 0 Å². The Hall–Kier alpha value is -6.30. The Morgan fingerprint density at radius 1 is 0.596 bits per heavy atom. The maximum atomic E-state index is 12.4. The van der Waals surface area contributed by atoms with E-state index >= 15 is 0 Å². The predicted molar refractivity (Wildman–Crippen MR) is 187 cm³/mol. The van der Waals surface area contributed by atoms with Crippen molar-refractivity contribution in [1.82, 2.24) is 0 Å². The van der Waals surface area contributed by atoms with E-state index in [1.165, 1.54) is 41.9 Å². The Labute approximate surface area is 299 Å². The van der Waals surface area contributed by atoms with Crippen molar-refractivity contribution in [3.63, 3.8) is 0 Å². The molecule has 1 atom stereocenters. The Kier molecular flexibility index (Phi) is 10.2. The van der Waals surface area contributed by atoms with Crippen LogP contribution in [-0.4, -0.2) is 44.7 Å². The van der Waals surface area contributed by atoms with Crippen molar-refractivity contribution in [3.8, 4) is 46.0 Å². The van der Waals surface area contributed by atoms with Gasteiger partial charge in [0.15, 0.2) is 0 Å². The molecule has 0 fully saturated rings. The van der Waals surface area contributed by atoms with Crippen LogP contribution in [0.5, 0.6) is 46.0 Å². The Bertz CT molecular complexity index is 2130. The molecule has 2 aliphatic heterocycles. The van der Waals surface area contributed by atoms with Gasteiger partial charge in [0.05, 0.1) is 26.4 Å². The van der Waals surface area contributed by atoms with Crippen LogP contribution < -0.4 is 37.9 Å². The van der Waals surface area contributed by atoms with E-state index in [1.54, 1.807) is 48.5 Å². The van der Waals surface area contributed by atoms with Crippen LogP contribution in [0, 0.1) is 0 Å². The standard InChI is InChI=1S/C40H36O12/c1-21(41)48-29-9-7-25-13-27(20-47-35(25)16-29)32-18-33(37(46-6)19-39(32)51-24(4)44)34-14-26-8-10-30(49-22(2)42)17-36(26)52-40(34)31-12-11-28(45-5)15-38(31)50-23(3)43/h7-12,15-19,27H,13-14,20H2,1-6H3/t27-/m0/s1. The molecule has 2 aliphatic rings. The second kappa shape index (κ2) is 14.9. The van der Waals surface area contributed by atoms with Crippen LogP contribution in [0.25, 0.3) is 11.3 Å². The number of carbonyl (C=O) groups is 4. The van der Waals surface area contributed by atoms with Gasteiger partial charge in [-0.1, -0.05) is 12.1 Å². The summed E-state index contributed by atoms with van der Waals surface area (Å²) in [6.07, 6.45) is 0.844. The number of fused-ring (bicyclic) bond motifs is 2. The molecule has 2 heterocycles. The molecule has 6 rings (SSSR count). The highest BCUT2D eigenvalue weighted by Crippen LogP contribution is 2.48. The van der Waals surface area contributed by atoms with E-state index in [2.05, 4.69) is 0 Å². The minimum Gasteiger partial charge on any atom is -0.497 e. The van der Waals surface area contributed by atoms with Crippen LogP contribution in [0.4, 0.5) is 0 Å². The van der Waals surface area contributed by atoms with Crippen molar-refractivity contribution in [2.75, 3.05) is 20.8 Å². The van der Waals surface area contributed by atoms with Gasteiger partial charge in [0.1, 0.15) is 51.8 Å². The molecular weight excluding hydrogens is 672 g/mol. The van der Waals surface area contributed by atoms with Crippen LogP contribution in [-0.2, 0) is 32.0 Å². The second-order valence-electron chi connectivity index (χ2n) is 12.2. The van der Waals surface area contributed by atoms with Crippen LogP contribution in [0.3, 0.4) is 0 Å². The van der Waals surface area contributed by atoms with Gasteiger partial charge in [-0.2, -0.15) is 0 Å². The Morgan fingerprint density at radius 2 is 1.21 bits per heavy atom. The van der Waals surface area contributed by atoms with Crippen LogP contribution in [0.1, 0.15) is 61.4 Å². The van der Waals surface area contributed by atoms with E-state index in [-0.39, 0.29) is 18.3 Å². The van der Waals surface area contributed by atoms with Gasteiger partial charge in [-0.15, -0.1) is 0 Å². The topological polar surface area (TPSA) is 142 Å². The molecule has 52 heavy (non-hydrogen) atoms. The second-order valence-corrected chi connectivity index (χ2v) is 12.2. The van der Waals surface area contributed by atoms with Crippen LogP contribution in [0.15, 0.2) is 66.7 Å². The molecular formula is C40H36O12. The zero-order valence-corrected chi connectivity index (χ0v) is 29.4. The molecule has 0 saturated heterocycles. The SMILES string of the molecule is COc1ccc(C2=C(c3cc([C@@H]4COc5cc(OC(C)=O)ccc5C4)c(OC(C)=O)cc3OC)Cc3ccc(OC(C)=O)cc3O2)c(OC(C)=O)c1. The van der Waals surface area contributed by atoms with Gasteiger partial charge in [0, 0.05) is 81.0 Å². The van der Waals surface area contributed by atoms with Gasteiger partial charge in [-0.25, -0.2) is 0 Å². The lowest BCUT2D eigenvalue weighted by Gasteiger charge is -2.29. The fraction of sp³-hybridized carbons (Fsp3) is 0.250. The van der Waals surface area contributed by atoms with Gasteiger partial charge in [-0.05, 0) is 47.9 Å². The highest BCUT2D eigenvalue weighted by Gasteiger charge is 2.32. The van der Waals surface area contributed by atoms with Crippen LogP contribution in [0.2, 0.25) is 0 Å². The fourth-order valence-electron chi connectivity index (χ4n) is 6.27. The van der Waals surface area contributed by atoms with E-state index in [0.29, 0.717) is 81.1 Å². The predicted octanol–water partition coefficient (Wildman–Crippen LogP) is 6.63. The van der Waals surface area contributed by atoms with Gasteiger partial charge < -0.3 is 37.9 Å². The van der Waals surface area contributed by atoms with Crippen molar-refractivity contribution >= 4 is 35.2 Å². The molecule has 0 aromatic heterocycles. The molecule has 12 nitrogen and oxygen atoms in total. The highest BCUT2D eigenvalue weighted by atomic mass is 16.6. The number of benzene rings is 4. The third-order valence-corrected chi connectivity index (χ3v) is 8.40. The lowest BCUT2D eigenvalue weighted by molar-refractivity contribution is -0.132. The molecule has 268 valence electrons. The molecule has 0 saturated carbocycles. The first kappa shape index (κ1) is 35.5. The first-order valence-electron chi connectivity index (χ1n) is 16.4. The van der Waals surface area contributed by atoms with E-state index in [1.807, 2.05) is 18.2 Å². The summed E-state index contributed by atoms with van der Waals surface area (Å²) < 4.78 is 46.1. The molecule has 0 N–H and O–H groups in total. The molecule has 12 heteroatoms. The number of hydrogen-bond acceptors (Lipinski definition) is 12. The molecule has 0 radical (unpaired) electrons. The monoisotopic (exact) mass is 708 g/mol. The largest absolute Gasteiger partial charge is 0.497 e. The van der Waals surface area contributed by atoms with E-state index in [0.717, 1.165) is 11.1 Å². The first-order valence-corrected chi connectivity index (χ1v) is 16.4. The number of allylic oxidation sites excluding steroid dienone is 1.